The highest BCUT2D eigenvalue weighted by Gasteiger charge is 2.30. The van der Waals surface area contributed by atoms with Crippen molar-refractivity contribution in [2.24, 2.45) is 0 Å². The first-order chi connectivity index (χ1) is 8.63. The fourth-order valence-electron chi connectivity index (χ4n) is 1.98. The third-order valence-corrected chi connectivity index (χ3v) is 3.89. The maximum absolute atomic E-state index is 12.4. The van der Waals surface area contributed by atoms with Gasteiger partial charge in [-0.3, -0.25) is 4.79 Å². The summed E-state index contributed by atoms with van der Waals surface area (Å²) in [6.07, 6.45) is 4.67. The number of pyridine rings is 1. The lowest BCUT2D eigenvalue weighted by molar-refractivity contribution is 0.0525. The van der Waals surface area contributed by atoms with Gasteiger partial charge in [0.2, 0.25) is 0 Å². The molecule has 0 atom stereocenters. The third-order valence-electron chi connectivity index (χ3n) is 3.15. The molecule has 0 spiro atoms. The molecule has 0 radical (unpaired) electrons. The second kappa shape index (κ2) is 5.99. The highest BCUT2D eigenvalue weighted by atomic mass is 79.9. The summed E-state index contributed by atoms with van der Waals surface area (Å²) in [6.45, 7) is 0.299. The van der Waals surface area contributed by atoms with Crippen molar-refractivity contribution in [1.82, 2.24) is 9.88 Å². The molecule has 0 bridgehead atoms. The van der Waals surface area contributed by atoms with Crippen LogP contribution in [0.2, 0.25) is 5.15 Å². The molecule has 2 rings (SSSR count). The molecule has 0 saturated heterocycles. The van der Waals surface area contributed by atoms with E-state index in [0.29, 0.717) is 16.6 Å². The Morgan fingerprint density at radius 1 is 1.61 bits per heavy atom. The van der Waals surface area contributed by atoms with Gasteiger partial charge in [-0.05, 0) is 41.3 Å². The van der Waals surface area contributed by atoms with Gasteiger partial charge in [0.05, 0.1) is 12.2 Å². The molecular weight excluding hydrogens is 320 g/mol. The SMILES string of the molecule is O=C(c1cc(Br)cnc1Cl)N(CCO)C1CCC1. The topological polar surface area (TPSA) is 53.4 Å². The quantitative estimate of drug-likeness (QED) is 0.861. The van der Waals surface area contributed by atoms with Gasteiger partial charge in [-0.15, -0.1) is 0 Å². The largest absolute Gasteiger partial charge is 0.395 e. The zero-order chi connectivity index (χ0) is 13.1. The van der Waals surface area contributed by atoms with Crippen molar-refractivity contribution in [2.75, 3.05) is 13.2 Å². The van der Waals surface area contributed by atoms with E-state index in [1.54, 1.807) is 17.2 Å². The number of nitrogens with zero attached hydrogens (tertiary/aromatic N) is 2. The van der Waals surface area contributed by atoms with Crippen LogP contribution in [0.5, 0.6) is 0 Å². The Morgan fingerprint density at radius 2 is 2.33 bits per heavy atom. The molecule has 98 valence electrons. The maximum atomic E-state index is 12.4. The maximum Gasteiger partial charge on any atom is 0.257 e. The van der Waals surface area contributed by atoms with Crippen molar-refractivity contribution in [2.45, 2.75) is 25.3 Å². The van der Waals surface area contributed by atoms with Crippen LogP contribution in [-0.2, 0) is 0 Å². The van der Waals surface area contributed by atoms with Gasteiger partial charge in [0.25, 0.3) is 5.91 Å². The van der Waals surface area contributed by atoms with Gasteiger partial charge in [-0.25, -0.2) is 4.98 Å². The van der Waals surface area contributed by atoms with Crippen molar-refractivity contribution in [1.29, 1.82) is 0 Å². The van der Waals surface area contributed by atoms with E-state index in [1.165, 1.54) is 0 Å². The normalized spacial score (nSPS) is 15.3. The number of aliphatic hydroxyl groups excluding tert-OH is 1. The zero-order valence-electron chi connectivity index (χ0n) is 9.77. The summed E-state index contributed by atoms with van der Waals surface area (Å²) >= 11 is 9.24. The second-order valence-corrected chi connectivity index (χ2v) is 5.57. The summed E-state index contributed by atoms with van der Waals surface area (Å²) in [4.78, 5) is 18.1. The first-order valence-electron chi connectivity index (χ1n) is 5.86. The number of aromatic nitrogens is 1. The molecule has 1 heterocycles. The molecule has 1 aromatic heterocycles. The number of halogens is 2. The van der Waals surface area contributed by atoms with Crippen molar-refractivity contribution in [3.8, 4) is 0 Å². The molecule has 1 aromatic rings. The van der Waals surface area contributed by atoms with Crippen LogP contribution in [0.4, 0.5) is 0 Å². The summed E-state index contributed by atoms with van der Waals surface area (Å²) in [5, 5.41) is 9.27. The number of rotatable bonds is 4. The van der Waals surface area contributed by atoms with E-state index in [9.17, 15) is 4.79 Å². The summed E-state index contributed by atoms with van der Waals surface area (Å²) in [5.41, 5.74) is 0.381. The molecule has 1 saturated carbocycles. The standard InChI is InChI=1S/C12H14BrClN2O2/c13-8-6-10(11(14)15-7-8)12(18)16(4-5-17)9-2-1-3-9/h6-7,9,17H,1-5H2. The number of hydrogen-bond acceptors (Lipinski definition) is 3. The van der Waals surface area contributed by atoms with E-state index in [0.717, 1.165) is 19.3 Å². The molecule has 1 aliphatic carbocycles. The van der Waals surface area contributed by atoms with E-state index in [1.807, 2.05) is 0 Å². The lowest BCUT2D eigenvalue weighted by atomic mass is 9.91. The van der Waals surface area contributed by atoms with Crippen LogP contribution in [0.15, 0.2) is 16.7 Å². The molecule has 1 N–H and O–H groups in total. The molecule has 18 heavy (non-hydrogen) atoms. The number of amides is 1. The third kappa shape index (κ3) is 2.84. The number of carbonyl (C=O) groups is 1. The zero-order valence-corrected chi connectivity index (χ0v) is 12.1. The molecular formula is C12H14BrClN2O2. The Balaban J connectivity index is 2.23. The predicted octanol–water partition coefficient (Wildman–Crippen LogP) is 2.48. The highest BCUT2D eigenvalue weighted by Crippen LogP contribution is 2.28. The minimum Gasteiger partial charge on any atom is -0.395 e. The van der Waals surface area contributed by atoms with E-state index < -0.39 is 0 Å². The monoisotopic (exact) mass is 332 g/mol. The van der Waals surface area contributed by atoms with Gasteiger partial charge in [-0.2, -0.15) is 0 Å². The average Bonchev–Trinajstić information content (AvgIpc) is 2.28. The minimum atomic E-state index is -0.160. The van der Waals surface area contributed by atoms with Gasteiger partial charge in [0, 0.05) is 23.3 Å². The smallest absolute Gasteiger partial charge is 0.257 e. The van der Waals surface area contributed by atoms with E-state index in [4.69, 9.17) is 16.7 Å². The van der Waals surface area contributed by atoms with Crippen LogP contribution in [-0.4, -0.2) is 40.1 Å². The minimum absolute atomic E-state index is 0.0404. The molecule has 1 amide bonds. The summed E-state index contributed by atoms with van der Waals surface area (Å²) in [7, 11) is 0. The van der Waals surface area contributed by atoms with Crippen LogP contribution in [0.3, 0.4) is 0 Å². The van der Waals surface area contributed by atoms with Crippen molar-refractivity contribution in [3.63, 3.8) is 0 Å². The van der Waals surface area contributed by atoms with Gasteiger partial charge in [0.1, 0.15) is 5.15 Å². The average molecular weight is 334 g/mol. The second-order valence-electron chi connectivity index (χ2n) is 4.30. The molecule has 0 aromatic carbocycles. The summed E-state index contributed by atoms with van der Waals surface area (Å²) in [5.74, 6) is -0.160. The van der Waals surface area contributed by atoms with Crippen LogP contribution in [0.1, 0.15) is 29.6 Å². The van der Waals surface area contributed by atoms with Gasteiger partial charge < -0.3 is 10.0 Å². The van der Waals surface area contributed by atoms with E-state index in [-0.39, 0.29) is 23.7 Å². The first kappa shape index (κ1) is 13.8. The molecule has 1 aliphatic rings. The van der Waals surface area contributed by atoms with E-state index in [2.05, 4.69) is 20.9 Å². The predicted molar refractivity (Wildman–Crippen MR) is 72.7 cm³/mol. The van der Waals surface area contributed by atoms with Crippen LogP contribution in [0, 0.1) is 0 Å². The van der Waals surface area contributed by atoms with Crippen LogP contribution in [0.25, 0.3) is 0 Å². The number of aliphatic hydroxyl groups is 1. The highest BCUT2D eigenvalue weighted by molar-refractivity contribution is 9.10. The molecule has 0 aliphatic heterocycles. The lowest BCUT2D eigenvalue weighted by Gasteiger charge is -2.37. The van der Waals surface area contributed by atoms with E-state index >= 15 is 0 Å². The first-order valence-corrected chi connectivity index (χ1v) is 7.03. The molecule has 0 unspecified atom stereocenters. The molecule has 1 fully saturated rings. The van der Waals surface area contributed by atoms with Gasteiger partial charge in [-0.1, -0.05) is 11.6 Å². The number of hydrogen-bond donors (Lipinski definition) is 1. The Morgan fingerprint density at radius 3 is 2.89 bits per heavy atom. The molecule has 4 nitrogen and oxygen atoms in total. The Labute approximate surface area is 119 Å². The van der Waals surface area contributed by atoms with Crippen molar-refractivity contribution < 1.29 is 9.90 Å². The summed E-state index contributed by atoms with van der Waals surface area (Å²) in [6, 6.07) is 1.89. The Hall–Kier alpha value is -0.650. The fourth-order valence-corrected chi connectivity index (χ4v) is 2.50. The van der Waals surface area contributed by atoms with Crippen molar-refractivity contribution in [3.05, 3.63) is 27.5 Å². The lowest BCUT2D eigenvalue weighted by Crippen LogP contribution is -2.45. The Kier molecular flexibility index (Phi) is 4.59. The van der Waals surface area contributed by atoms with Gasteiger partial charge in [0.15, 0.2) is 0 Å². The Bertz CT molecular complexity index is 452. The van der Waals surface area contributed by atoms with Gasteiger partial charge >= 0.3 is 0 Å². The van der Waals surface area contributed by atoms with Crippen molar-refractivity contribution >= 4 is 33.4 Å². The fraction of sp³-hybridized carbons (Fsp3) is 0.500. The summed E-state index contributed by atoms with van der Waals surface area (Å²) < 4.78 is 0.716. The molecule has 6 heteroatoms. The van der Waals surface area contributed by atoms with Crippen LogP contribution < -0.4 is 0 Å². The van der Waals surface area contributed by atoms with Crippen LogP contribution >= 0.6 is 27.5 Å². The number of carbonyl (C=O) groups excluding carboxylic acids is 1.